The second-order valence-electron chi connectivity index (χ2n) is 8.22. The van der Waals surface area contributed by atoms with Crippen molar-refractivity contribution in [2.24, 2.45) is 0 Å². The normalized spacial score (nSPS) is 19.9. The van der Waals surface area contributed by atoms with Gasteiger partial charge in [0.15, 0.2) is 0 Å². The number of carbonyl (C=O) groups excluding carboxylic acids is 2. The van der Waals surface area contributed by atoms with E-state index >= 15 is 0 Å². The fourth-order valence-electron chi connectivity index (χ4n) is 4.39. The fraction of sp³-hybridized carbons (Fsp3) is 0.435. The molecule has 2 amide bonds. The number of ether oxygens (including phenoxy) is 1. The average molecular weight is 393 g/mol. The van der Waals surface area contributed by atoms with E-state index in [2.05, 4.69) is 11.1 Å². The number of benzene rings is 1. The van der Waals surface area contributed by atoms with Gasteiger partial charge >= 0.3 is 0 Å². The molecule has 1 aromatic carbocycles. The first-order chi connectivity index (χ1) is 14.0. The van der Waals surface area contributed by atoms with Gasteiger partial charge in [-0.1, -0.05) is 24.3 Å². The molecule has 6 heteroatoms. The number of amides is 2. The maximum atomic E-state index is 12.7. The Balaban J connectivity index is 1.50. The van der Waals surface area contributed by atoms with E-state index in [1.54, 1.807) is 31.3 Å². The minimum atomic E-state index is -0.327. The molecule has 1 aromatic heterocycles. The van der Waals surface area contributed by atoms with Crippen LogP contribution in [0, 0.1) is 0 Å². The molecular weight excluding hydrogens is 366 g/mol. The number of fused-ring (bicyclic) bond motifs is 1. The van der Waals surface area contributed by atoms with E-state index in [4.69, 9.17) is 4.74 Å². The lowest BCUT2D eigenvalue weighted by molar-refractivity contribution is -0.129. The van der Waals surface area contributed by atoms with E-state index in [0.717, 1.165) is 30.6 Å². The summed E-state index contributed by atoms with van der Waals surface area (Å²) in [6, 6.07) is 13.4. The van der Waals surface area contributed by atoms with Crippen molar-refractivity contribution >= 4 is 11.8 Å². The average Bonchev–Trinajstić information content (AvgIpc) is 2.74. The first-order valence-corrected chi connectivity index (χ1v) is 10.2. The molecule has 29 heavy (non-hydrogen) atoms. The second kappa shape index (κ2) is 7.85. The van der Waals surface area contributed by atoms with Crippen molar-refractivity contribution in [1.29, 1.82) is 0 Å². The molecule has 6 nitrogen and oxygen atoms in total. The Kier molecular flexibility index (Phi) is 5.26. The Labute approximate surface area is 171 Å². The van der Waals surface area contributed by atoms with Crippen LogP contribution >= 0.6 is 0 Å². The molecule has 2 aliphatic rings. The molecule has 1 atom stereocenters. The highest BCUT2D eigenvalue weighted by atomic mass is 16.5. The summed E-state index contributed by atoms with van der Waals surface area (Å²) in [6.45, 7) is 1.26. The molecule has 1 saturated heterocycles. The van der Waals surface area contributed by atoms with Gasteiger partial charge in [-0.05, 0) is 30.2 Å². The molecule has 0 aliphatic carbocycles. The highest BCUT2D eigenvalue weighted by Crippen LogP contribution is 2.46. The quantitative estimate of drug-likeness (QED) is 0.804. The summed E-state index contributed by atoms with van der Waals surface area (Å²) in [5.41, 5.74) is 1.26. The third-order valence-corrected chi connectivity index (χ3v) is 6.07. The highest BCUT2D eigenvalue weighted by molar-refractivity contribution is 5.92. The number of rotatable bonds is 3. The number of likely N-dealkylation sites (tertiary alicyclic amines) is 1. The van der Waals surface area contributed by atoms with Crippen molar-refractivity contribution in [3.63, 3.8) is 0 Å². The van der Waals surface area contributed by atoms with E-state index in [1.807, 2.05) is 35.2 Å². The molecular formula is C23H27N3O3. The van der Waals surface area contributed by atoms with Crippen molar-refractivity contribution in [2.75, 3.05) is 27.2 Å². The van der Waals surface area contributed by atoms with Gasteiger partial charge in [0, 0.05) is 58.6 Å². The van der Waals surface area contributed by atoms with Gasteiger partial charge in [-0.15, -0.1) is 0 Å². The number of aromatic nitrogens is 1. The molecule has 0 saturated carbocycles. The maximum absolute atomic E-state index is 12.7. The Morgan fingerprint density at radius 3 is 2.55 bits per heavy atom. The summed E-state index contributed by atoms with van der Waals surface area (Å²) in [5.74, 6) is 1.10. The first kappa shape index (κ1) is 19.4. The zero-order chi connectivity index (χ0) is 20.4. The standard InChI is InChI=1S/C23H27N3O3/c1-25(2)21(27)15-17-16-23(29-20-9-4-3-7-18(17)20)10-13-26(14-11-23)22(28)19-8-5-6-12-24-19/h3-9,12,17H,10-11,13-16H2,1-2H3. The molecule has 0 N–H and O–H groups in total. The molecule has 1 spiro atoms. The van der Waals surface area contributed by atoms with Gasteiger partial charge in [-0.3, -0.25) is 14.6 Å². The van der Waals surface area contributed by atoms with Crippen LogP contribution in [0.4, 0.5) is 0 Å². The Morgan fingerprint density at radius 1 is 1.14 bits per heavy atom. The van der Waals surface area contributed by atoms with Crippen molar-refractivity contribution < 1.29 is 14.3 Å². The largest absolute Gasteiger partial charge is 0.487 e. The summed E-state index contributed by atoms with van der Waals surface area (Å²) in [6.07, 6.45) is 4.44. The van der Waals surface area contributed by atoms with Crippen molar-refractivity contribution in [3.05, 3.63) is 59.9 Å². The van der Waals surface area contributed by atoms with Gasteiger partial charge in [0.05, 0.1) is 0 Å². The molecule has 1 unspecified atom stereocenters. The van der Waals surface area contributed by atoms with E-state index < -0.39 is 0 Å². The molecule has 152 valence electrons. The maximum Gasteiger partial charge on any atom is 0.272 e. The number of nitrogens with zero attached hydrogens (tertiary/aromatic N) is 3. The van der Waals surface area contributed by atoms with Crippen LogP contribution in [0.5, 0.6) is 5.75 Å². The molecule has 0 bridgehead atoms. The van der Waals surface area contributed by atoms with E-state index in [1.165, 1.54) is 0 Å². The smallest absolute Gasteiger partial charge is 0.272 e. The van der Waals surface area contributed by atoms with Crippen LogP contribution in [0.25, 0.3) is 0 Å². The van der Waals surface area contributed by atoms with Gasteiger partial charge in [-0.25, -0.2) is 0 Å². The number of piperidine rings is 1. The third-order valence-electron chi connectivity index (χ3n) is 6.07. The predicted molar refractivity (Wildman–Crippen MR) is 110 cm³/mol. The van der Waals surface area contributed by atoms with Crippen LogP contribution in [-0.2, 0) is 4.79 Å². The zero-order valence-electron chi connectivity index (χ0n) is 17.0. The molecule has 3 heterocycles. The number of carbonyl (C=O) groups is 2. The van der Waals surface area contributed by atoms with Gasteiger partial charge < -0.3 is 14.5 Å². The SMILES string of the molecule is CN(C)C(=O)CC1CC2(CCN(C(=O)c3ccccn3)CC2)Oc2ccccc21. The van der Waals surface area contributed by atoms with E-state index in [-0.39, 0.29) is 23.3 Å². The number of hydrogen-bond donors (Lipinski definition) is 0. The van der Waals surface area contributed by atoms with Crippen LogP contribution in [0.2, 0.25) is 0 Å². The minimum Gasteiger partial charge on any atom is -0.487 e. The van der Waals surface area contributed by atoms with Gasteiger partial charge in [0.2, 0.25) is 5.91 Å². The van der Waals surface area contributed by atoms with Crippen molar-refractivity contribution in [1.82, 2.24) is 14.8 Å². The Hall–Kier alpha value is -2.89. The van der Waals surface area contributed by atoms with Gasteiger partial charge in [0.25, 0.3) is 5.91 Å². The van der Waals surface area contributed by atoms with Gasteiger partial charge in [-0.2, -0.15) is 0 Å². The topological polar surface area (TPSA) is 62.7 Å². The predicted octanol–water partition coefficient (Wildman–Crippen LogP) is 3.10. The monoisotopic (exact) mass is 393 g/mol. The minimum absolute atomic E-state index is 0.0315. The van der Waals surface area contributed by atoms with Crippen molar-refractivity contribution in [3.8, 4) is 5.75 Å². The lowest BCUT2D eigenvalue weighted by Gasteiger charge is -2.47. The molecule has 4 rings (SSSR count). The van der Waals surface area contributed by atoms with E-state index in [0.29, 0.717) is 25.2 Å². The summed E-state index contributed by atoms with van der Waals surface area (Å²) < 4.78 is 6.49. The summed E-state index contributed by atoms with van der Waals surface area (Å²) >= 11 is 0. The lowest BCUT2D eigenvalue weighted by atomic mass is 9.76. The zero-order valence-corrected chi connectivity index (χ0v) is 17.0. The number of pyridine rings is 1. The van der Waals surface area contributed by atoms with Crippen molar-refractivity contribution in [2.45, 2.75) is 37.2 Å². The Morgan fingerprint density at radius 2 is 1.86 bits per heavy atom. The second-order valence-corrected chi connectivity index (χ2v) is 8.22. The fourth-order valence-corrected chi connectivity index (χ4v) is 4.39. The van der Waals surface area contributed by atoms with Crippen LogP contribution in [-0.4, -0.2) is 59.4 Å². The van der Waals surface area contributed by atoms with Crippen LogP contribution in [0.1, 0.15) is 47.7 Å². The van der Waals surface area contributed by atoms with Gasteiger partial charge in [0.1, 0.15) is 17.0 Å². The summed E-state index contributed by atoms with van der Waals surface area (Å²) in [5, 5.41) is 0. The highest BCUT2D eigenvalue weighted by Gasteiger charge is 2.44. The van der Waals surface area contributed by atoms with E-state index in [9.17, 15) is 9.59 Å². The molecule has 0 radical (unpaired) electrons. The van der Waals surface area contributed by atoms with Crippen LogP contribution < -0.4 is 4.74 Å². The first-order valence-electron chi connectivity index (χ1n) is 10.2. The molecule has 1 fully saturated rings. The summed E-state index contributed by atoms with van der Waals surface area (Å²) in [4.78, 5) is 32.8. The Bertz CT molecular complexity index is 889. The molecule has 2 aromatic rings. The number of hydrogen-bond acceptors (Lipinski definition) is 4. The third kappa shape index (κ3) is 3.97. The summed E-state index contributed by atoms with van der Waals surface area (Å²) in [7, 11) is 3.59. The molecule has 2 aliphatic heterocycles. The number of para-hydroxylation sites is 1. The lowest BCUT2D eigenvalue weighted by Crippen LogP contribution is -2.52. The van der Waals surface area contributed by atoms with Crippen LogP contribution in [0.15, 0.2) is 48.7 Å². The van der Waals surface area contributed by atoms with Crippen LogP contribution in [0.3, 0.4) is 0 Å².